The monoisotopic (exact) mass is 456 g/mol. The molecule has 0 spiro atoms. The number of ether oxygens (including phenoxy) is 1. The number of methoxy groups -OCH3 is 1. The van der Waals surface area contributed by atoms with E-state index in [1.165, 1.54) is 5.56 Å². The van der Waals surface area contributed by atoms with E-state index in [2.05, 4.69) is 44.3 Å². The molecular weight excluding hydrogens is 428 g/mol. The number of carbonyl (C=O) groups excluding carboxylic acids is 1. The molecular formula is C26H28N6O2. The third-order valence-corrected chi connectivity index (χ3v) is 6.29. The van der Waals surface area contributed by atoms with Crippen LogP contribution in [0.4, 0.5) is 5.82 Å². The van der Waals surface area contributed by atoms with Gasteiger partial charge in [0, 0.05) is 25.8 Å². The average Bonchev–Trinajstić information content (AvgIpc) is 3.32. The van der Waals surface area contributed by atoms with E-state index in [-0.39, 0.29) is 11.8 Å². The molecule has 4 aromatic rings. The number of hydrogen-bond donors (Lipinski definition) is 1. The normalized spacial score (nSPS) is 15.9. The molecule has 8 nitrogen and oxygen atoms in total. The Balaban J connectivity index is 1.31. The fraction of sp³-hybridized carbons (Fsp3) is 0.308. The molecule has 174 valence electrons. The van der Waals surface area contributed by atoms with Crippen LogP contribution in [0.5, 0.6) is 5.75 Å². The van der Waals surface area contributed by atoms with Crippen molar-refractivity contribution in [2.24, 2.45) is 5.92 Å². The molecule has 1 aliphatic rings. The Kier molecular flexibility index (Phi) is 6.12. The number of benzene rings is 2. The van der Waals surface area contributed by atoms with Crippen molar-refractivity contribution in [1.82, 2.24) is 25.1 Å². The number of amides is 1. The topological polar surface area (TPSA) is 85.2 Å². The first kappa shape index (κ1) is 21.9. The van der Waals surface area contributed by atoms with Gasteiger partial charge in [-0.3, -0.25) is 4.79 Å². The molecule has 0 aliphatic carbocycles. The van der Waals surface area contributed by atoms with Gasteiger partial charge in [0.15, 0.2) is 5.65 Å². The van der Waals surface area contributed by atoms with Crippen LogP contribution in [-0.2, 0) is 11.3 Å². The minimum atomic E-state index is -0.100. The van der Waals surface area contributed by atoms with Gasteiger partial charge in [-0.2, -0.15) is 0 Å². The first-order valence-corrected chi connectivity index (χ1v) is 11.5. The van der Waals surface area contributed by atoms with E-state index >= 15 is 0 Å². The Bertz CT molecular complexity index is 1300. The minimum absolute atomic E-state index is 0.0631. The number of fused-ring (bicyclic) bond motifs is 1. The molecule has 1 N–H and O–H groups in total. The van der Waals surface area contributed by atoms with E-state index < -0.39 is 0 Å². The van der Waals surface area contributed by atoms with Crippen LogP contribution in [-0.4, -0.2) is 45.9 Å². The minimum Gasteiger partial charge on any atom is -0.497 e. The van der Waals surface area contributed by atoms with Crippen LogP contribution in [0, 0.1) is 12.8 Å². The highest BCUT2D eigenvalue weighted by atomic mass is 16.5. The number of anilines is 1. The lowest BCUT2D eigenvalue weighted by Gasteiger charge is -2.33. The second-order valence-corrected chi connectivity index (χ2v) is 8.70. The molecule has 2 aromatic heterocycles. The number of nitrogens with one attached hydrogen (secondary N) is 1. The standard InChI is InChI=1S/C26H28N6O2/c1-18-8-10-21(11-9-18)32-16-23-24(30-32)28-17-29-25(23)31-12-4-6-20(15-31)26(33)27-14-19-5-3-7-22(13-19)34-2/h3,5,7-11,13,16-17,20H,4,6,12,14-15H2,1-2H3,(H,27,33)/t20-/m0/s1. The summed E-state index contributed by atoms with van der Waals surface area (Å²) in [5.74, 6) is 1.58. The maximum Gasteiger partial charge on any atom is 0.225 e. The van der Waals surface area contributed by atoms with Crippen LogP contribution < -0.4 is 15.0 Å². The largest absolute Gasteiger partial charge is 0.497 e. The van der Waals surface area contributed by atoms with E-state index in [0.29, 0.717) is 18.7 Å². The molecule has 2 aromatic carbocycles. The Hall–Kier alpha value is -3.94. The van der Waals surface area contributed by atoms with Gasteiger partial charge < -0.3 is 15.0 Å². The summed E-state index contributed by atoms with van der Waals surface area (Å²) in [5.41, 5.74) is 3.84. The highest BCUT2D eigenvalue weighted by Gasteiger charge is 2.28. The van der Waals surface area contributed by atoms with Gasteiger partial charge >= 0.3 is 0 Å². The molecule has 1 aliphatic heterocycles. The lowest BCUT2D eigenvalue weighted by Crippen LogP contribution is -2.43. The number of nitrogens with zero attached hydrogens (tertiary/aromatic N) is 5. The van der Waals surface area contributed by atoms with Gasteiger partial charge in [0.2, 0.25) is 5.91 Å². The molecule has 0 bridgehead atoms. The Morgan fingerprint density at radius 2 is 2.03 bits per heavy atom. The predicted octanol–water partition coefficient (Wildman–Crippen LogP) is 3.67. The summed E-state index contributed by atoms with van der Waals surface area (Å²) >= 11 is 0. The number of aromatic nitrogens is 4. The molecule has 3 heterocycles. The summed E-state index contributed by atoms with van der Waals surface area (Å²) in [4.78, 5) is 24.1. The molecule has 1 fully saturated rings. The molecule has 0 radical (unpaired) electrons. The average molecular weight is 457 g/mol. The zero-order valence-corrected chi connectivity index (χ0v) is 19.4. The molecule has 0 unspecified atom stereocenters. The Labute approximate surface area is 198 Å². The number of piperidine rings is 1. The van der Waals surface area contributed by atoms with E-state index in [1.54, 1.807) is 13.4 Å². The second kappa shape index (κ2) is 9.51. The summed E-state index contributed by atoms with van der Waals surface area (Å²) in [6.45, 7) is 4.01. The quantitative estimate of drug-likeness (QED) is 0.477. The van der Waals surface area contributed by atoms with Crippen molar-refractivity contribution >= 4 is 22.8 Å². The van der Waals surface area contributed by atoms with Crippen molar-refractivity contribution < 1.29 is 9.53 Å². The van der Waals surface area contributed by atoms with Crippen LogP contribution in [0.15, 0.2) is 61.1 Å². The van der Waals surface area contributed by atoms with Crippen LogP contribution in [0.25, 0.3) is 16.7 Å². The van der Waals surface area contributed by atoms with Crippen molar-refractivity contribution in [3.8, 4) is 11.4 Å². The smallest absolute Gasteiger partial charge is 0.225 e. The van der Waals surface area contributed by atoms with E-state index in [4.69, 9.17) is 4.74 Å². The Morgan fingerprint density at radius 1 is 1.18 bits per heavy atom. The van der Waals surface area contributed by atoms with Gasteiger partial charge in [-0.25, -0.2) is 14.6 Å². The maximum atomic E-state index is 13.0. The van der Waals surface area contributed by atoms with Gasteiger partial charge in [-0.05, 0) is 49.6 Å². The van der Waals surface area contributed by atoms with Crippen LogP contribution >= 0.6 is 0 Å². The maximum absolute atomic E-state index is 13.0. The molecule has 5 rings (SSSR count). The molecule has 34 heavy (non-hydrogen) atoms. The van der Waals surface area contributed by atoms with E-state index in [1.807, 2.05) is 47.3 Å². The van der Waals surface area contributed by atoms with Crippen molar-refractivity contribution in [3.63, 3.8) is 0 Å². The first-order valence-electron chi connectivity index (χ1n) is 11.5. The second-order valence-electron chi connectivity index (χ2n) is 8.70. The van der Waals surface area contributed by atoms with Gasteiger partial charge in [-0.15, -0.1) is 5.10 Å². The molecule has 1 amide bonds. The SMILES string of the molecule is COc1cccc(CNC(=O)[C@H]2CCCN(c3ncnc4nn(-c5ccc(C)cc5)cc34)C2)c1. The summed E-state index contributed by atoms with van der Waals surface area (Å²) in [6, 6.07) is 16.0. The highest BCUT2D eigenvalue weighted by molar-refractivity contribution is 5.87. The third kappa shape index (κ3) is 4.57. The van der Waals surface area contributed by atoms with Gasteiger partial charge in [0.05, 0.1) is 24.1 Å². The van der Waals surface area contributed by atoms with Gasteiger partial charge in [0.1, 0.15) is 17.9 Å². The van der Waals surface area contributed by atoms with Crippen molar-refractivity contribution in [2.75, 3.05) is 25.1 Å². The van der Waals surface area contributed by atoms with E-state index in [9.17, 15) is 4.79 Å². The lowest BCUT2D eigenvalue weighted by molar-refractivity contribution is -0.125. The van der Waals surface area contributed by atoms with Crippen molar-refractivity contribution in [2.45, 2.75) is 26.3 Å². The van der Waals surface area contributed by atoms with Crippen molar-refractivity contribution in [1.29, 1.82) is 0 Å². The van der Waals surface area contributed by atoms with Gasteiger partial charge in [-0.1, -0.05) is 29.8 Å². The molecule has 1 atom stereocenters. The number of hydrogen-bond acceptors (Lipinski definition) is 6. The van der Waals surface area contributed by atoms with Crippen molar-refractivity contribution in [3.05, 3.63) is 72.2 Å². The molecule has 8 heteroatoms. The molecule has 0 saturated carbocycles. The number of aryl methyl sites for hydroxylation is 1. The summed E-state index contributed by atoms with van der Waals surface area (Å²) in [6.07, 6.45) is 5.31. The number of rotatable bonds is 6. The highest BCUT2D eigenvalue weighted by Crippen LogP contribution is 2.28. The summed E-state index contributed by atoms with van der Waals surface area (Å²) in [5, 5.41) is 8.63. The van der Waals surface area contributed by atoms with Crippen LogP contribution in [0.1, 0.15) is 24.0 Å². The molecule has 1 saturated heterocycles. The fourth-order valence-corrected chi connectivity index (χ4v) is 4.41. The summed E-state index contributed by atoms with van der Waals surface area (Å²) < 4.78 is 7.11. The third-order valence-electron chi connectivity index (χ3n) is 6.29. The first-order chi connectivity index (χ1) is 16.6. The van der Waals surface area contributed by atoms with Gasteiger partial charge in [0.25, 0.3) is 0 Å². The lowest BCUT2D eigenvalue weighted by atomic mass is 9.97. The fourth-order valence-electron chi connectivity index (χ4n) is 4.41. The zero-order valence-electron chi connectivity index (χ0n) is 19.4. The number of carbonyl (C=O) groups is 1. The predicted molar refractivity (Wildman–Crippen MR) is 131 cm³/mol. The summed E-state index contributed by atoms with van der Waals surface area (Å²) in [7, 11) is 1.64. The van der Waals surface area contributed by atoms with Crippen LogP contribution in [0.3, 0.4) is 0 Å². The van der Waals surface area contributed by atoms with E-state index in [0.717, 1.165) is 47.6 Å². The zero-order chi connectivity index (χ0) is 23.5. The van der Waals surface area contributed by atoms with Crippen LogP contribution in [0.2, 0.25) is 0 Å². The Morgan fingerprint density at radius 3 is 2.85 bits per heavy atom.